The Hall–Kier alpha value is -0.900. The van der Waals surface area contributed by atoms with Crippen molar-refractivity contribution in [2.24, 2.45) is 5.92 Å². The van der Waals surface area contributed by atoms with Crippen molar-refractivity contribution >= 4 is 0 Å². The van der Waals surface area contributed by atoms with Gasteiger partial charge in [0.2, 0.25) is 11.8 Å². The molecule has 0 saturated heterocycles. The molecule has 1 aromatic rings. The standard InChI is InChI=1S/C9H15N3O/c1-6(8-3-4-8)10-5-9-12-11-7(2)13-9/h6,8,10H,3-5H2,1-2H3. The van der Waals surface area contributed by atoms with Crippen LogP contribution in [0.1, 0.15) is 31.5 Å². The third-order valence-electron chi connectivity index (χ3n) is 2.47. The lowest BCUT2D eigenvalue weighted by atomic mass is 10.2. The maximum atomic E-state index is 5.25. The summed E-state index contributed by atoms with van der Waals surface area (Å²) < 4.78 is 5.25. The molecule has 1 aromatic heterocycles. The zero-order valence-corrected chi connectivity index (χ0v) is 8.08. The molecule has 0 bridgehead atoms. The highest BCUT2D eigenvalue weighted by Crippen LogP contribution is 2.32. The van der Waals surface area contributed by atoms with Crippen molar-refractivity contribution in [1.29, 1.82) is 0 Å². The first-order valence-corrected chi connectivity index (χ1v) is 4.78. The zero-order valence-electron chi connectivity index (χ0n) is 8.08. The Kier molecular flexibility index (Phi) is 2.31. The van der Waals surface area contributed by atoms with E-state index in [0.717, 1.165) is 5.92 Å². The lowest BCUT2D eigenvalue weighted by molar-refractivity contribution is 0.413. The Morgan fingerprint density at radius 1 is 1.54 bits per heavy atom. The van der Waals surface area contributed by atoms with Crippen molar-refractivity contribution < 1.29 is 4.42 Å². The maximum Gasteiger partial charge on any atom is 0.230 e. The molecule has 1 fully saturated rings. The molecule has 72 valence electrons. The summed E-state index contributed by atoms with van der Waals surface area (Å²) in [7, 11) is 0. The average molecular weight is 181 g/mol. The number of rotatable bonds is 4. The summed E-state index contributed by atoms with van der Waals surface area (Å²) in [5.41, 5.74) is 0. The monoisotopic (exact) mass is 181 g/mol. The van der Waals surface area contributed by atoms with Crippen molar-refractivity contribution in [3.05, 3.63) is 11.8 Å². The number of nitrogens with zero attached hydrogens (tertiary/aromatic N) is 2. The van der Waals surface area contributed by atoms with Gasteiger partial charge < -0.3 is 9.73 Å². The first-order chi connectivity index (χ1) is 6.25. The molecule has 1 atom stereocenters. The highest BCUT2D eigenvalue weighted by Gasteiger charge is 2.27. The molecular formula is C9H15N3O. The Labute approximate surface area is 77.7 Å². The van der Waals surface area contributed by atoms with Crippen molar-refractivity contribution in [2.45, 2.75) is 39.3 Å². The SMILES string of the molecule is Cc1nnc(CNC(C)C2CC2)o1. The molecule has 1 heterocycles. The van der Waals surface area contributed by atoms with E-state index >= 15 is 0 Å². The van der Waals surface area contributed by atoms with Crippen LogP contribution in [-0.2, 0) is 6.54 Å². The lowest BCUT2D eigenvalue weighted by Crippen LogP contribution is -2.27. The smallest absolute Gasteiger partial charge is 0.230 e. The van der Waals surface area contributed by atoms with Crippen LogP contribution in [-0.4, -0.2) is 16.2 Å². The minimum Gasteiger partial charge on any atom is -0.424 e. The van der Waals surface area contributed by atoms with Gasteiger partial charge in [-0.15, -0.1) is 10.2 Å². The molecule has 1 aliphatic rings. The van der Waals surface area contributed by atoms with Gasteiger partial charge >= 0.3 is 0 Å². The van der Waals surface area contributed by atoms with Crippen molar-refractivity contribution in [3.8, 4) is 0 Å². The molecule has 4 heteroatoms. The molecule has 1 saturated carbocycles. The van der Waals surface area contributed by atoms with Gasteiger partial charge in [0.15, 0.2) is 0 Å². The molecular weight excluding hydrogens is 166 g/mol. The van der Waals surface area contributed by atoms with Crippen molar-refractivity contribution in [3.63, 3.8) is 0 Å². The van der Waals surface area contributed by atoms with Crippen LogP contribution in [0.3, 0.4) is 0 Å². The van der Waals surface area contributed by atoms with Gasteiger partial charge in [-0.2, -0.15) is 0 Å². The molecule has 0 amide bonds. The first kappa shape index (κ1) is 8.69. The maximum absolute atomic E-state index is 5.25. The molecule has 0 spiro atoms. The van der Waals surface area contributed by atoms with Gasteiger partial charge in [-0.05, 0) is 25.7 Å². The fraction of sp³-hybridized carbons (Fsp3) is 0.778. The van der Waals surface area contributed by atoms with Crippen LogP contribution in [0.4, 0.5) is 0 Å². The molecule has 1 N–H and O–H groups in total. The second-order valence-electron chi connectivity index (χ2n) is 3.72. The second kappa shape index (κ2) is 3.46. The summed E-state index contributed by atoms with van der Waals surface area (Å²) in [5, 5.41) is 11.1. The van der Waals surface area contributed by atoms with Crippen LogP contribution < -0.4 is 5.32 Å². The predicted molar refractivity (Wildman–Crippen MR) is 48.1 cm³/mol. The number of hydrogen-bond donors (Lipinski definition) is 1. The zero-order chi connectivity index (χ0) is 9.26. The van der Waals surface area contributed by atoms with Crippen LogP contribution in [0, 0.1) is 12.8 Å². The van der Waals surface area contributed by atoms with Crippen LogP contribution >= 0.6 is 0 Å². The second-order valence-corrected chi connectivity index (χ2v) is 3.72. The Morgan fingerprint density at radius 2 is 2.31 bits per heavy atom. The third-order valence-corrected chi connectivity index (χ3v) is 2.47. The Morgan fingerprint density at radius 3 is 2.85 bits per heavy atom. The Balaban J connectivity index is 1.78. The van der Waals surface area contributed by atoms with Gasteiger partial charge in [0.25, 0.3) is 0 Å². The van der Waals surface area contributed by atoms with E-state index in [1.165, 1.54) is 12.8 Å². The van der Waals surface area contributed by atoms with E-state index in [0.29, 0.717) is 24.4 Å². The molecule has 2 rings (SSSR count). The van der Waals surface area contributed by atoms with Gasteiger partial charge in [-0.25, -0.2) is 0 Å². The minimum atomic E-state index is 0.576. The third kappa shape index (κ3) is 2.28. The summed E-state index contributed by atoms with van der Waals surface area (Å²) in [6.07, 6.45) is 2.72. The van der Waals surface area contributed by atoms with E-state index in [4.69, 9.17) is 4.42 Å². The number of aryl methyl sites for hydroxylation is 1. The van der Waals surface area contributed by atoms with E-state index in [2.05, 4.69) is 22.4 Å². The van der Waals surface area contributed by atoms with Gasteiger partial charge in [0.1, 0.15) is 0 Å². The molecule has 0 aliphatic heterocycles. The van der Waals surface area contributed by atoms with E-state index in [-0.39, 0.29) is 0 Å². The highest BCUT2D eigenvalue weighted by atomic mass is 16.4. The Bertz CT molecular complexity index is 280. The largest absolute Gasteiger partial charge is 0.424 e. The van der Waals surface area contributed by atoms with Gasteiger partial charge in [0, 0.05) is 13.0 Å². The van der Waals surface area contributed by atoms with Crippen LogP contribution in [0.15, 0.2) is 4.42 Å². The highest BCUT2D eigenvalue weighted by molar-refractivity contribution is 4.85. The lowest BCUT2D eigenvalue weighted by Gasteiger charge is -2.09. The topological polar surface area (TPSA) is 51.0 Å². The molecule has 1 aliphatic carbocycles. The van der Waals surface area contributed by atoms with E-state index < -0.39 is 0 Å². The van der Waals surface area contributed by atoms with E-state index in [9.17, 15) is 0 Å². The fourth-order valence-corrected chi connectivity index (χ4v) is 1.42. The van der Waals surface area contributed by atoms with E-state index in [1.54, 1.807) is 6.92 Å². The first-order valence-electron chi connectivity index (χ1n) is 4.78. The minimum absolute atomic E-state index is 0.576. The normalized spacial score (nSPS) is 18.9. The van der Waals surface area contributed by atoms with Gasteiger partial charge in [0.05, 0.1) is 6.54 Å². The molecule has 0 radical (unpaired) electrons. The van der Waals surface area contributed by atoms with Crippen LogP contribution in [0.25, 0.3) is 0 Å². The molecule has 4 nitrogen and oxygen atoms in total. The fourth-order valence-electron chi connectivity index (χ4n) is 1.42. The number of hydrogen-bond acceptors (Lipinski definition) is 4. The van der Waals surface area contributed by atoms with Gasteiger partial charge in [-0.1, -0.05) is 0 Å². The summed E-state index contributed by atoms with van der Waals surface area (Å²) in [5.74, 6) is 2.19. The van der Waals surface area contributed by atoms with Crippen molar-refractivity contribution in [2.75, 3.05) is 0 Å². The van der Waals surface area contributed by atoms with Crippen LogP contribution in [0.5, 0.6) is 0 Å². The summed E-state index contributed by atoms with van der Waals surface area (Å²) in [4.78, 5) is 0. The predicted octanol–water partition coefficient (Wildman–Crippen LogP) is 1.27. The van der Waals surface area contributed by atoms with Gasteiger partial charge in [-0.3, -0.25) is 0 Å². The summed E-state index contributed by atoms with van der Waals surface area (Å²) >= 11 is 0. The molecule has 1 unspecified atom stereocenters. The van der Waals surface area contributed by atoms with E-state index in [1.807, 2.05) is 0 Å². The number of aromatic nitrogens is 2. The quantitative estimate of drug-likeness (QED) is 0.760. The summed E-state index contributed by atoms with van der Waals surface area (Å²) in [6, 6.07) is 0.576. The molecule has 0 aromatic carbocycles. The van der Waals surface area contributed by atoms with Crippen LogP contribution in [0.2, 0.25) is 0 Å². The van der Waals surface area contributed by atoms with Crippen molar-refractivity contribution in [1.82, 2.24) is 15.5 Å². The number of nitrogens with one attached hydrogen (secondary N) is 1. The average Bonchev–Trinajstić information content (AvgIpc) is 2.87. The summed E-state index contributed by atoms with van der Waals surface area (Å²) in [6.45, 7) is 4.71. The molecule has 13 heavy (non-hydrogen) atoms.